The van der Waals surface area contributed by atoms with Crippen LogP contribution in [0.15, 0.2) is 29.2 Å². The number of fused-ring (bicyclic) bond motifs is 1. The summed E-state index contributed by atoms with van der Waals surface area (Å²) in [5.41, 5.74) is 1.97. The van der Waals surface area contributed by atoms with E-state index in [-0.39, 0.29) is 0 Å². The van der Waals surface area contributed by atoms with Gasteiger partial charge in [0.25, 0.3) is 0 Å². The average Bonchev–Trinajstić information content (AvgIpc) is 2.57. The van der Waals surface area contributed by atoms with Gasteiger partial charge < -0.3 is 0 Å². The van der Waals surface area contributed by atoms with Gasteiger partial charge >= 0.3 is 0 Å². The SMILES string of the molecule is CC(C)C1(C(C)C)CSc2ccccc21. The summed E-state index contributed by atoms with van der Waals surface area (Å²) in [6, 6.07) is 8.94. The molecule has 0 N–H and O–H groups in total. The molecule has 0 nitrogen and oxygen atoms in total. The predicted molar refractivity (Wildman–Crippen MR) is 68.5 cm³/mol. The second kappa shape index (κ2) is 3.86. The highest BCUT2D eigenvalue weighted by Crippen LogP contribution is 2.51. The maximum Gasteiger partial charge on any atom is 0.0110 e. The van der Waals surface area contributed by atoms with E-state index < -0.39 is 0 Å². The highest BCUT2D eigenvalue weighted by atomic mass is 32.2. The highest BCUT2D eigenvalue weighted by molar-refractivity contribution is 7.99. The molecule has 1 heteroatoms. The molecule has 0 saturated heterocycles. The van der Waals surface area contributed by atoms with E-state index in [2.05, 4.69) is 52.0 Å². The zero-order valence-electron chi connectivity index (χ0n) is 10.1. The van der Waals surface area contributed by atoms with Crippen LogP contribution in [0, 0.1) is 11.8 Å². The molecular formula is C14H20S. The summed E-state index contributed by atoms with van der Waals surface area (Å²) < 4.78 is 0. The van der Waals surface area contributed by atoms with E-state index in [0.29, 0.717) is 17.3 Å². The fraction of sp³-hybridized carbons (Fsp3) is 0.571. The molecule has 0 fully saturated rings. The molecule has 1 aliphatic rings. The number of thioether (sulfide) groups is 1. The predicted octanol–water partition coefficient (Wildman–Crippen LogP) is 4.34. The fourth-order valence-electron chi connectivity index (χ4n) is 2.87. The molecule has 1 heterocycles. The van der Waals surface area contributed by atoms with E-state index in [0.717, 1.165) is 0 Å². The molecule has 0 amide bonds. The molecule has 2 rings (SSSR count). The number of benzene rings is 1. The molecule has 0 aromatic heterocycles. The van der Waals surface area contributed by atoms with E-state index in [4.69, 9.17) is 0 Å². The Bertz CT molecular complexity index is 344. The van der Waals surface area contributed by atoms with Crippen LogP contribution in [0.25, 0.3) is 0 Å². The van der Waals surface area contributed by atoms with E-state index in [1.54, 1.807) is 5.56 Å². The molecule has 0 unspecified atom stereocenters. The van der Waals surface area contributed by atoms with Crippen molar-refractivity contribution in [2.75, 3.05) is 5.75 Å². The van der Waals surface area contributed by atoms with Crippen LogP contribution < -0.4 is 0 Å². The van der Waals surface area contributed by atoms with Crippen LogP contribution in [0.5, 0.6) is 0 Å². The van der Waals surface area contributed by atoms with Crippen molar-refractivity contribution in [1.29, 1.82) is 0 Å². The number of hydrogen-bond donors (Lipinski definition) is 0. The van der Waals surface area contributed by atoms with Crippen molar-refractivity contribution < 1.29 is 0 Å². The van der Waals surface area contributed by atoms with Crippen molar-refractivity contribution in [3.05, 3.63) is 29.8 Å². The second-order valence-corrected chi connectivity index (χ2v) is 6.15. The van der Waals surface area contributed by atoms with Crippen LogP contribution in [0.3, 0.4) is 0 Å². The minimum atomic E-state index is 0.390. The van der Waals surface area contributed by atoms with E-state index in [1.807, 2.05) is 11.8 Å². The van der Waals surface area contributed by atoms with Crippen molar-refractivity contribution in [3.8, 4) is 0 Å². The third kappa shape index (κ3) is 1.52. The van der Waals surface area contributed by atoms with Gasteiger partial charge in [0, 0.05) is 16.1 Å². The van der Waals surface area contributed by atoms with Gasteiger partial charge in [0.15, 0.2) is 0 Å². The van der Waals surface area contributed by atoms with E-state index >= 15 is 0 Å². The lowest BCUT2D eigenvalue weighted by Gasteiger charge is -2.38. The van der Waals surface area contributed by atoms with Crippen LogP contribution >= 0.6 is 11.8 Å². The fourth-order valence-corrected chi connectivity index (χ4v) is 4.68. The first-order chi connectivity index (χ1) is 7.09. The summed E-state index contributed by atoms with van der Waals surface area (Å²) in [6.07, 6.45) is 0. The monoisotopic (exact) mass is 220 g/mol. The third-order valence-electron chi connectivity index (χ3n) is 3.92. The summed E-state index contributed by atoms with van der Waals surface area (Å²) in [7, 11) is 0. The second-order valence-electron chi connectivity index (χ2n) is 5.13. The van der Waals surface area contributed by atoms with Crippen LogP contribution in [-0.2, 0) is 5.41 Å². The Morgan fingerprint density at radius 1 is 1.07 bits per heavy atom. The lowest BCUT2D eigenvalue weighted by molar-refractivity contribution is 0.253. The number of hydrogen-bond acceptors (Lipinski definition) is 1. The Kier molecular flexibility index (Phi) is 2.85. The first-order valence-corrected chi connectivity index (χ1v) is 6.80. The van der Waals surface area contributed by atoms with E-state index in [1.165, 1.54) is 10.6 Å². The van der Waals surface area contributed by atoms with Crippen LogP contribution in [0.1, 0.15) is 33.3 Å². The minimum Gasteiger partial charge on any atom is -0.125 e. The van der Waals surface area contributed by atoms with Crippen molar-refractivity contribution in [2.24, 2.45) is 11.8 Å². The molecule has 1 aromatic rings. The molecule has 0 atom stereocenters. The van der Waals surface area contributed by atoms with Gasteiger partial charge in [0.2, 0.25) is 0 Å². The highest BCUT2D eigenvalue weighted by Gasteiger charge is 2.43. The Morgan fingerprint density at radius 3 is 2.27 bits per heavy atom. The lowest BCUT2D eigenvalue weighted by Crippen LogP contribution is -2.38. The molecule has 0 spiro atoms. The summed E-state index contributed by atoms with van der Waals surface area (Å²) in [4.78, 5) is 1.50. The van der Waals surface area contributed by atoms with Crippen molar-refractivity contribution >= 4 is 11.8 Å². The van der Waals surface area contributed by atoms with Gasteiger partial charge in [0.1, 0.15) is 0 Å². The van der Waals surface area contributed by atoms with Crippen molar-refractivity contribution in [1.82, 2.24) is 0 Å². The molecule has 15 heavy (non-hydrogen) atoms. The molecule has 82 valence electrons. The van der Waals surface area contributed by atoms with Gasteiger partial charge in [0.05, 0.1) is 0 Å². The average molecular weight is 220 g/mol. The quantitative estimate of drug-likeness (QED) is 0.714. The van der Waals surface area contributed by atoms with Crippen molar-refractivity contribution in [2.45, 2.75) is 38.0 Å². The smallest absolute Gasteiger partial charge is 0.0110 e. The molecule has 0 aliphatic carbocycles. The van der Waals surface area contributed by atoms with E-state index in [9.17, 15) is 0 Å². The summed E-state index contributed by atoms with van der Waals surface area (Å²) in [6.45, 7) is 9.46. The zero-order valence-corrected chi connectivity index (χ0v) is 10.9. The molecule has 0 saturated carbocycles. The van der Waals surface area contributed by atoms with Gasteiger partial charge in [-0.25, -0.2) is 0 Å². The maximum absolute atomic E-state index is 2.36. The Hall–Kier alpha value is -0.430. The van der Waals surface area contributed by atoms with Gasteiger partial charge in [-0.15, -0.1) is 11.8 Å². The molecular weight excluding hydrogens is 200 g/mol. The Morgan fingerprint density at radius 2 is 1.67 bits per heavy atom. The topological polar surface area (TPSA) is 0 Å². The molecule has 0 radical (unpaired) electrons. The number of rotatable bonds is 2. The standard InChI is InChI=1S/C14H20S/c1-10(2)14(11(3)4)9-15-13-8-6-5-7-12(13)14/h5-8,10-11H,9H2,1-4H3. The van der Waals surface area contributed by atoms with Crippen LogP contribution in [0.4, 0.5) is 0 Å². The minimum absolute atomic E-state index is 0.390. The molecule has 1 aliphatic heterocycles. The Labute approximate surface area is 97.5 Å². The first kappa shape index (κ1) is 11.1. The maximum atomic E-state index is 2.36. The summed E-state index contributed by atoms with van der Waals surface area (Å²) in [5, 5.41) is 0. The normalized spacial score (nSPS) is 18.5. The van der Waals surface area contributed by atoms with Crippen LogP contribution in [0.2, 0.25) is 0 Å². The molecule has 1 aromatic carbocycles. The summed E-state index contributed by atoms with van der Waals surface area (Å²) in [5.74, 6) is 2.68. The van der Waals surface area contributed by atoms with Gasteiger partial charge in [-0.3, -0.25) is 0 Å². The zero-order chi connectivity index (χ0) is 11.1. The first-order valence-electron chi connectivity index (χ1n) is 5.81. The van der Waals surface area contributed by atoms with Gasteiger partial charge in [-0.2, -0.15) is 0 Å². The third-order valence-corrected chi connectivity index (χ3v) is 5.20. The summed E-state index contributed by atoms with van der Waals surface area (Å²) >= 11 is 2.03. The Balaban J connectivity index is 2.54. The lowest BCUT2D eigenvalue weighted by atomic mass is 9.66. The largest absolute Gasteiger partial charge is 0.125 e. The van der Waals surface area contributed by atoms with Crippen molar-refractivity contribution in [3.63, 3.8) is 0 Å². The van der Waals surface area contributed by atoms with Gasteiger partial charge in [-0.1, -0.05) is 45.9 Å². The van der Waals surface area contributed by atoms with Crippen LogP contribution in [-0.4, -0.2) is 5.75 Å². The van der Waals surface area contributed by atoms with Gasteiger partial charge in [-0.05, 0) is 23.5 Å². The molecule has 0 bridgehead atoms.